The van der Waals surface area contributed by atoms with Crippen LogP contribution in [0.3, 0.4) is 0 Å². The highest BCUT2D eigenvalue weighted by molar-refractivity contribution is 5.14. The highest BCUT2D eigenvalue weighted by atomic mass is 16.5. The lowest BCUT2D eigenvalue weighted by atomic mass is 10.2. The van der Waals surface area contributed by atoms with Crippen LogP contribution in [0.25, 0.3) is 0 Å². The lowest BCUT2D eigenvalue weighted by Crippen LogP contribution is -2.21. The third-order valence-corrected chi connectivity index (χ3v) is 2.79. The van der Waals surface area contributed by atoms with Gasteiger partial charge in [-0.05, 0) is 44.8 Å². The lowest BCUT2D eigenvalue weighted by molar-refractivity contribution is 0.0627. The second kappa shape index (κ2) is 9.20. The van der Waals surface area contributed by atoms with Crippen LogP contribution in [0.2, 0.25) is 0 Å². The molecule has 0 aliphatic heterocycles. The van der Waals surface area contributed by atoms with Crippen molar-refractivity contribution in [3.05, 3.63) is 35.9 Å². The average Bonchev–Trinajstić information content (AvgIpc) is 2.36. The van der Waals surface area contributed by atoms with E-state index in [4.69, 9.17) is 4.74 Å². The molecule has 0 spiro atoms. The van der Waals surface area contributed by atoms with Crippen molar-refractivity contribution >= 4 is 0 Å². The van der Waals surface area contributed by atoms with Gasteiger partial charge in [0.2, 0.25) is 0 Å². The Morgan fingerprint density at radius 2 is 1.94 bits per heavy atom. The summed E-state index contributed by atoms with van der Waals surface area (Å²) < 4.78 is 5.79. The van der Waals surface area contributed by atoms with E-state index in [0.29, 0.717) is 6.10 Å². The Hall–Kier alpha value is -0.860. The van der Waals surface area contributed by atoms with Gasteiger partial charge in [-0.1, -0.05) is 37.3 Å². The average molecular weight is 235 g/mol. The van der Waals surface area contributed by atoms with E-state index in [1.807, 2.05) is 6.07 Å². The van der Waals surface area contributed by atoms with Crippen molar-refractivity contribution in [3.8, 4) is 0 Å². The van der Waals surface area contributed by atoms with Crippen LogP contribution in [0.5, 0.6) is 0 Å². The highest BCUT2D eigenvalue weighted by Crippen LogP contribution is 2.02. The molecule has 0 bridgehead atoms. The molecular weight excluding hydrogens is 210 g/mol. The highest BCUT2D eigenvalue weighted by Gasteiger charge is 2.01. The zero-order valence-electron chi connectivity index (χ0n) is 11.1. The van der Waals surface area contributed by atoms with Gasteiger partial charge >= 0.3 is 0 Å². The summed E-state index contributed by atoms with van der Waals surface area (Å²) >= 11 is 0. The van der Waals surface area contributed by atoms with Gasteiger partial charge in [-0.25, -0.2) is 0 Å². The van der Waals surface area contributed by atoms with E-state index in [1.165, 1.54) is 12.0 Å². The molecular formula is C15H25NO. The second-order valence-electron chi connectivity index (χ2n) is 4.46. The van der Waals surface area contributed by atoms with Crippen LogP contribution in [-0.4, -0.2) is 25.8 Å². The molecule has 96 valence electrons. The van der Waals surface area contributed by atoms with Crippen LogP contribution in [0, 0.1) is 0 Å². The normalized spacial score (nSPS) is 12.6. The molecule has 0 aromatic heterocycles. The van der Waals surface area contributed by atoms with Crippen LogP contribution in [0.1, 0.15) is 32.3 Å². The van der Waals surface area contributed by atoms with Crippen molar-refractivity contribution < 1.29 is 4.74 Å². The molecule has 0 aliphatic rings. The summed E-state index contributed by atoms with van der Waals surface area (Å²) in [5.74, 6) is 0. The number of hydrogen-bond acceptors (Lipinski definition) is 2. The van der Waals surface area contributed by atoms with Gasteiger partial charge in [-0.3, -0.25) is 0 Å². The summed E-state index contributed by atoms with van der Waals surface area (Å²) in [6.07, 6.45) is 3.65. The van der Waals surface area contributed by atoms with Crippen molar-refractivity contribution in [2.45, 2.75) is 39.2 Å². The van der Waals surface area contributed by atoms with Crippen LogP contribution in [-0.2, 0) is 11.2 Å². The molecule has 0 heterocycles. The Morgan fingerprint density at radius 3 is 2.65 bits per heavy atom. The van der Waals surface area contributed by atoms with E-state index in [9.17, 15) is 0 Å². The van der Waals surface area contributed by atoms with E-state index in [0.717, 1.165) is 32.5 Å². The number of hydrogen-bond donors (Lipinski definition) is 1. The van der Waals surface area contributed by atoms with Gasteiger partial charge in [-0.15, -0.1) is 0 Å². The summed E-state index contributed by atoms with van der Waals surface area (Å²) in [7, 11) is 0. The maximum atomic E-state index is 5.79. The topological polar surface area (TPSA) is 21.3 Å². The van der Waals surface area contributed by atoms with Crippen molar-refractivity contribution in [3.63, 3.8) is 0 Å². The first kappa shape index (κ1) is 14.2. The number of benzene rings is 1. The van der Waals surface area contributed by atoms with Crippen LogP contribution >= 0.6 is 0 Å². The molecule has 0 aliphatic carbocycles. The first-order chi connectivity index (χ1) is 8.33. The largest absolute Gasteiger partial charge is 0.378 e. The van der Waals surface area contributed by atoms with Gasteiger partial charge < -0.3 is 10.1 Å². The molecule has 1 aromatic carbocycles. The summed E-state index contributed by atoms with van der Waals surface area (Å²) in [5.41, 5.74) is 1.35. The smallest absolute Gasteiger partial charge is 0.0559 e. The van der Waals surface area contributed by atoms with E-state index in [2.05, 4.69) is 43.4 Å². The van der Waals surface area contributed by atoms with Crippen LogP contribution in [0.15, 0.2) is 30.3 Å². The van der Waals surface area contributed by atoms with E-state index < -0.39 is 0 Å². The van der Waals surface area contributed by atoms with Crippen LogP contribution < -0.4 is 5.32 Å². The number of nitrogens with one attached hydrogen (secondary N) is 1. The minimum Gasteiger partial charge on any atom is -0.378 e. The minimum absolute atomic E-state index is 0.350. The molecule has 1 unspecified atom stereocenters. The van der Waals surface area contributed by atoms with Gasteiger partial charge in [0.05, 0.1) is 12.7 Å². The number of rotatable bonds is 9. The van der Waals surface area contributed by atoms with Gasteiger partial charge in [0.15, 0.2) is 0 Å². The fraction of sp³-hybridized carbons (Fsp3) is 0.600. The molecule has 2 nitrogen and oxygen atoms in total. The summed E-state index contributed by atoms with van der Waals surface area (Å²) in [4.78, 5) is 0. The van der Waals surface area contributed by atoms with Crippen molar-refractivity contribution in [1.82, 2.24) is 5.32 Å². The predicted octanol–water partition coefficient (Wildman–Crippen LogP) is 3.02. The monoisotopic (exact) mass is 235 g/mol. The van der Waals surface area contributed by atoms with Crippen LogP contribution in [0.4, 0.5) is 0 Å². The molecule has 0 saturated heterocycles. The fourth-order valence-corrected chi connectivity index (χ4v) is 1.71. The molecule has 0 amide bonds. The third-order valence-electron chi connectivity index (χ3n) is 2.79. The molecule has 1 N–H and O–H groups in total. The summed E-state index contributed by atoms with van der Waals surface area (Å²) in [5, 5.41) is 3.39. The van der Waals surface area contributed by atoms with E-state index in [-0.39, 0.29) is 0 Å². The summed E-state index contributed by atoms with van der Waals surface area (Å²) in [6, 6.07) is 10.5. The lowest BCUT2D eigenvalue weighted by Gasteiger charge is -2.13. The van der Waals surface area contributed by atoms with Gasteiger partial charge in [-0.2, -0.15) is 0 Å². The molecule has 17 heavy (non-hydrogen) atoms. The molecule has 0 fully saturated rings. The quantitative estimate of drug-likeness (QED) is 0.664. The Labute approximate surface area is 105 Å². The second-order valence-corrected chi connectivity index (χ2v) is 4.46. The molecule has 2 heteroatoms. The van der Waals surface area contributed by atoms with Crippen molar-refractivity contribution in [1.29, 1.82) is 0 Å². The third kappa shape index (κ3) is 7.14. The Morgan fingerprint density at radius 1 is 1.18 bits per heavy atom. The van der Waals surface area contributed by atoms with Gasteiger partial charge in [0.1, 0.15) is 0 Å². The first-order valence-corrected chi connectivity index (χ1v) is 6.69. The molecule has 1 rings (SSSR count). The fourth-order valence-electron chi connectivity index (χ4n) is 1.71. The zero-order chi connectivity index (χ0) is 12.3. The molecule has 1 aromatic rings. The van der Waals surface area contributed by atoms with Gasteiger partial charge in [0.25, 0.3) is 0 Å². The SMILES string of the molecule is CCCNCCC(C)OCCc1ccccc1. The molecule has 1 atom stereocenters. The summed E-state index contributed by atoms with van der Waals surface area (Å²) in [6.45, 7) is 7.32. The maximum absolute atomic E-state index is 5.79. The predicted molar refractivity (Wildman–Crippen MR) is 73.3 cm³/mol. The first-order valence-electron chi connectivity index (χ1n) is 6.69. The molecule has 0 radical (unpaired) electrons. The van der Waals surface area contributed by atoms with E-state index >= 15 is 0 Å². The Kier molecular flexibility index (Phi) is 7.69. The van der Waals surface area contributed by atoms with Gasteiger partial charge in [0, 0.05) is 0 Å². The Bertz CT molecular complexity index is 274. The molecule has 0 saturated carbocycles. The number of ether oxygens (including phenoxy) is 1. The zero-order valence-corrected chi connectivity index (χ0v) is 11.1. The Balaban J connectivity index is 2.02. The maximum Gasteiger partial charge on any atom is 0.0559 e. The standard InChI is InChI=1S/C15H25NO/c1-3-11-16-12-9-14(2)17-13-10-15-7-5-4-6-8-15/h4-8,14,16H,3,9-13H2,1-2H3. The van der Waals surface area contributed by atoms with Crippen molar-refractivity contribution in [2.75, 3.05) is 19.7 Å². The minimum atomic E-state index is 0.350. The van der Waals surface area contributed by atoms with Crippen molar-refractivity contribution in [2.24, 2.45) is 0 Å². The van der Waals surface area contributed by atoms with E-state index in [1.54, 1.807) is 0 Å².